The Labute approximate surface area is 171 Å². The number of rotatable bonds is 8. The van der Waals surface area contributed by atoms with Crippen molar-refractivity contribution in [1.82, 2.24) is 5.32 Å². The van der Waals surface area contributed by atoms with Crippen LogP contribution >= 0.6 is 0 Å². The van der Waals surface area contributed by atoms with Crippen molar-refractivity contribution in [3.63, 3.8) is 0 Å². The summed E-state index contributed by atoms with van der Waals surface area (Å²) in [6.45, 7) is 5.22. The van der Waals surface area contributed by atoms with Crippen LogP contribution in [-0.4, -0.2) is 31.2 Å². The van der Waals surface area contributed by atoms with Crippen molar-refractivity contribution in [2.24, 2.45) is 0 Å². The van der Waals surface area contributed by atoms with Crippen molar-refractivity contribution in [2.45, 2.75) is 32.6 Å². The highest BCUT2D eigenvalue weighted by Crippen LogP contribution is 2.27. The third-order valence-corrected chi connectivity index (χ3v) is 5.14. The third-order valence-electron chi connectivity index (χ3n) is 5.14. The highest BCUT2D eigenvalue weighted by Gasteiger charge is 2.19. The topological polar surface area (TPSA) is 66.5 Å². The number of Topliss-reactive ketones (excluding diaryl/α,β-unsaturated/α-hetero) is 1. The summed E-state index contributed by atoms with van der Waals surface area (Å²) in [5.41, 5.74) is 4.72. The van der Waals surface area contributed by atoms with E-state index in [0.29, 0.717) is 18.0 Å². The Morgan fingerprint density at radius 1 is 1.14 bits per heavy atom. The first-order valence-electron chi connectivity index (χ1n) is 9.92. The van der Waals surface area contributed by atoms with Crippen LogP contribution in [0, 0.1) is 0 Å². The monoisotopic (exact) mass is 390 g/mol. The van der Waals surface area contributed by atoms with E-state index in [-0.39, 0.29) is 24.7 Å². The molecule has 29 heavy (non-hydrogen) atoms. The summed E-state index contributed by atoms with van der Waals surface area (Å²) in [7, 11) is 0. The molecule has 0 spiro atoms. The molecule has 5 nitrogen and oxygen atoms in total. The molecule has 5 heteroatoms. The van der Waals surface area contributed by atoms with E-state index in [1.54, 1.807) is 17.0 Å². The SMILES string of the molecule is CC(C)c1ccc(/C=C/C(=O)NCCC(=O)c2ccc3c(c2)CCN3C=O)cc1. The summed E-state index contributed by atoms with van der Waals surface area (Å²) in [4.78, 5) is 37.0. The average molecular weight is 390 g/mol. The molecule has 1 aliphatic heterocycles. The van der Waals surface area contributed by atoms with Gasteiger partial charge in [0.2, 0.25) is 12.3 Å². The lowest BCUT2D eigenvalue weighted by Gasteiger charge is -2.10. The van der Waals surface area contributed by atoms with Gasteiger partial charge in [-0.05, 0) is 53.3 Å². The van der Waals surface area contributed by atoms with Gasteiger partial charge in [-0.2, -0.15) is 0 Å². The molecule has 0 bridgehead atoms. The molecule has 1 N–H and O–H groups in total. The molecule has 0 saturated carbocycles. The van der Waals surface area contributed by atoms with Gasteiger partial charge in [-0.25, -0.2) is 0 Å². The first kappa shape index (κ1) is 20.5. The van der Waals surface area contributed by atoms with Gasteiger partial charge in [0.05, 0.1) is 0 Å². The van der Waals surface area contributed by atoms with Gasteiger partial charge in [-0.1, -0.05) is 38.1 Å². The largest absolute Gasteiger partial charge is 0.352 e. The van der Waals surface area contributed by atoms with E-state index < -0.39 is 0 Å². The number of anilines is 1. The van der Waals surface area contributed by atoms with Crippen LogP contribution in [0.25, 0.3) is 6.08 Å². The number of benzene rings is 2. The van der Waals surface area contributed by atoms with Gasteiger partial charge in [-0.3, -0.25) is 14.4 Å². The molecule has 2 amide bonds. The maximum absolute atomic E-state index is 12.4. The maximum Gasteiger partial charge on any atom is 0.244 e. The first-order valence-corrected chi connectivity index (χ1v) is 9.92. The van der Waals surface area contributed by atoms with Gasteiger partial charge in [0, 0.05) is 36.8 Å². The Morgan fingerprint density at radius 2 is 1.90 bits per heavy atom. The lowest BCUT2D eigenvalue weighted by molar-refractivity contribution is -0.116. The van der Waals surface area contributed by atoms with Crippen LogP contribution in [-0.2, 0) is 16.0 Å². The van der Waals surface area contributed by atoms with Crippen LogP contribution in [0.15, 0.2) is 48.5 Å². The summed E-state index contributed by atoms with van der Waals surface area (Å²) in [6.07, 6.45) is 5.06. The molecule has 3 rings (SSSR count). The lowest BCUT2D eigenvalue weighted by atomic mass is 10.0. The Morgan fingerprint density at radius 3 is 2.59 bits per heavy atom. The second-order valence-electron chi connectivity index (χ2n) is 7.51. The fourth-order valence-electron chi connectivity index (χ4n) is 3.38. The molecule has 2 aromatic carbocycles. The number of amides is 2. The van der Waals surface area contributed by atoms with E-state index in [9.17, 15) is 14.4 Å². The zero-order valence-electron chi connectivity index (χ0n) is 16.9. The molecule has 0 unspecified atom stereocenters. The van der Waals surface area contributed by atoms with E-state index in [0.717, 1.165) is 29.6 Å². The molecule has 0 aliphatic carbocycles. The third kappa shape index (κ3) is 5.19. The van der Waals surface area contributed by atoms with Crippen LogP contribution in [0.2, 0.25) is 0 Å². The van der Waals surface area contributed by atoms with Gasteiger partial charge in [0.1, 0.15) is 0 Å². The normalized spacial score (nSPS) is 13.0. The lowest BCUT2D eigenvalue weighted by Crippen LogP contribution is -2.24. The summed E-state index contributed by atoms with van der Waals surface area (Å²) in [6, 6.07) is 13.5. The number of carbonyl (C=O) groups is 3. The van der Waals surface area contributed by atoms with Crippen LogP contribution in [0.3, 0.4) is 0 Å². The first-order chi connectivity index (χ1) is 14.0. The van der Waals surface area contributed by atoms with Crippen molar-refractivity contribution in [2.75, 3.05) is 18.0 Å². The minimum Gasteiger partial charge on any atom is -0.352 e. The van der Waals surface area contributed by atoms with Crippen LogP contribution in [0.5, 0.6) is 0 Å². The smallest absolute Gasteiger partial charge is 0.244 e. The van der Waals surface area contributed by atoms with Gasteiger partial charge in [-0.15, -0.1) is 0 Å². The van der Waals surface area contributed by atoms with Crippen LogP contribution in [0.1, 0.15) is 53.2 Å². The molecule has 150 valence electrons. The van der Waals surface area contributed by atoms with Crippen molar-refractivity contribution in [3.8, 4) is 0 Å². The van der Waals surface area contributed by atoms with Crippen molar-refractivity contribution < 1.29 is 14.4 Å². The van der Waals surface area contributed by atoms with Crippen molar-refractivity contribution in [3.05, 3.63) is 70.8 Å². The predicted octanol–water partition coefficient (Wildman–Crippen LogP) is 3.73. The number of nitrogens with one attached hydrogen (secondary N) is 1. The summed E-state index contributed by atoms with van der Waals surface area (Å²) >= 11 is 0. The fourth-order valence-corrected chi connectivity index (χ4v) is 3.38. The van der Waals surface area contributed by atoms with E-state index in [2.05, 4.69) is 31.3 Å². The van der Waals surface area contributed by atoms with Gasteiger partial charge in [0.25, 0.3) is 0 Å². The second-order valence-corrected chi connectivity index (χ2v) is 7.51. The highest BCUT2D eigenvalue weighted by atomic mass is 16.2. The quantitative estimate of drug-likeness (QED) is 0.424. The zero-order valence-corrected chi connectivity index (χ0v) is 16.9. The standard InChI is InChI=1S/C24H26N2O3/c1-17(2)19-6-3-18(4-7-19)5-10-24(29)25-13-11-23(28)21-8-9-22-20(15-21)12-14-26(22)16-27/h3-10,15-17H,11-14H2,1-2H3,(H,25,29)/b10-5+. The Hall–Kier alpha value is -3.21. The minimum atomic E-state index is -0.221. The molecule has 0 fully saturated rings. The Bertz CT molecular complexity index is 930. The van der Waals surface area contributed by atoms with Crippen LogP contribution in [0.4, 0.5) is 5.69 Å². The Balaban J connectivity index is 1.47. The molecule has 1 heterocycles. The van der Waals surface area contributed by atoms with Gasteiger partial charge >= 0.3 is 0 Å². The predicted molar refractivity (Wildman–Crippen MR) is 115 cm³/mol. The number of carbonyl (C=O) groups excluding carboxylic acids is 3. The summed E-state index contributed by atoms with van der Waals surface area (Å²) < 4.78 is 0. The number of hydrogen-bond acceptors (Lipinski definition) is 3. The zero-order chi connectivity index (χ0) is 20.8. The molecular weight excluding hydrogens is 364 g/mol. The van der Waals surface area contributed by atoms with Crippen molar-refractivity contribution in [1.29, 1.82) is 0 Å². The van der Waals surface area contributed by atoms with E-state index in [1.165, 1.54) is 11.6 Å². The fraction of sp³-hybridized carbons (Fsp3) is 0.292. The molecule has 0 atom stereocenters. The van der Waals surface area contributed by atoms with Crippen LogP contribution < -0.4 is 10.2 Å². The summed E-state index contributed by atoms with van der Waals surface area (Å²) in [5.74, 6) is 0.232. The molecule has 0 saturated heterocycles. The average Bonchev–Trinajstić information content (AvgIpc) is 3.14. The molecule has 0 aromatic heterocycles. The van der Waals surface area contributed by atoms with Crippen molar-refractivity contribution >= 4 is 29.9 Å². The number of nitrogens with zero attached hydrogens (tertiary/aromatic N) is 1. The molecule has 2 aromatic rings. The number of ketones is 1. The highest BCUT2D eigenvalue weighted by molar-refractivity contribution is 5.98. The van der Waals surface area contributed by atoms with E-state index >= 15 is 0 Å². The summed E-state index contributed by atoms with van der Waals surface area (Å²) in [5, 5.41) is 2.75. The number of fused-ring (bicyclic) bond motifs is 1. The minimum absolute atomic E-state index is 0.0223. The van der Waals surface area contributed by atoms with E-state index in [4.69, 9.17) is 0 Å². The second kappa shape index (κ2) is 9.32. The van der Waals surface area contributed by atoms with E-state index in [1.807, 2.05) is 24.3 Å². The molecule has 0 radical (unpaired) electrons. The number of hydrogen-bond donors (Lipinski definition) is 1. The maximum atomic E-state index is 12.4. The van der Waals surface area contributed by atoms with Gasteiger partial charge in [0.15, 0.2) is 5.78 Å². The molecule has 1 aliphatic rings. The Kier molecular flexibility index (Phi) is 6.60. The van der Waals surface area contributed by atoms with Gasteiger partial charge < -0.3 is 10.2 Å². The molecular formula is C24H26N2O3.